The summed E-state index contributed by atoms with van der Waals surface area (Å²) in [7, 11) is 0. The summed E-state index contributed by atoms with van der Waals surface area (Å²) in [5.41, 5.74) is 4.51. The predicted molar refractivity (Wildman–Crippen MR) is 90.7 cm³/mol. The summed E-state index contributed by atoms with van der Waals surface area (Å²) in [4.78, 5) is 12.4. The minimum Gasteiger partial charge on any atom is -0.347 e. The Kier molecular flexibility index (Phi) is 4.36. The van der Waals surface area contributed by atoms with E-state index in [0.29, 0.717) is 12.2 Å². The molecule has 1 amide bonds. The van der Waals surface area contributed by atoms with Gasteiger partial charge in [-0.05, 0) is 52.5 Å². The number of nitrogens with zero attached hydrogens (tertiary/aromatic N) is 1. The Hall–Kier alpha value is -1.59. The second-order valence-electron chi connectivity index (χ2n) is 5.93. The van der Waals surface area contributed by atoms with Crippen LogP contribution in [0.4, 0.5) is 0 Å². The zero-order valence-electron chi connectivity index (χ0n) is 12.8. The van der Waals surface area contributed by atoms with Crippen LogP contribution >= 0.6 is 15.9 Å². The van der Waals surface area contributed by atoms with Crippen LogP contribution in [0, 0.1) is 0 Å². The summed E-state index contributed by atoms with van der Waals surface area (Å²) in [5.74, 6) is -0.0435. The third-order valence-electron chi connectivity index (χ3n) is 3.96. The van der Waals surface area contributed by atoms with Crippen molar-refractivity contribution >= 4 is 21.8 Å². The highest BCUT2D eigenvalue weighted by atomic mass is 79.9. The van der Waals surface area contributed by atoms with Gasteiger partial charge in [0.05, 0.1) is 0 Å². The summed E-state index contributed by atoms with van der Waals surface area (Å²) in [6.07, 6.45) is 1.95. The van der Waals surface area contributed by atoms with Gasteiger partial charge in [0.25, 0.3) is 5.91 Å². The van der Waals surface area contributed by atoms with Crippen LogP contribution in [0.1, 0.15) is 47.1 Å². The number of hydrogen-bond acceptors (Lipinski definition) is 2. The molecule has 0 saturated carbocycles. The van der Waals surface area contributed by atoms with E-state index in [1.54, 1.807) is 0 Å². The number of carbonyl (C=O) groups is 1. The first-order valence-electron chi connectivity index (χ1n) is 7.51. The quantitative estimate of drug-likeness (QED) is 0.876. The first kappa shape index (κ1) is 15.3. The molecule has 1 aromatic heterocycles. The summed E-state index contributed by atoms with van der Waals surface area (Å²) < 4.78 is 2.90. The van der Waals surface area contributed by atoms with Gasteiger partial charge in [-0.2, -0.15) is 0 Å². The maximum absolute atomic E-state index is 12.4. The molecule has 116 valence electrons. The maximum atomic E-state index is 12.4. The van der Waals surface area contributed by atoms with Crippen molar-refractivity contribution in [2.24, 2.45) is 0 Å². The van der Waals surface area contributed by atoms with Crippen LogP contribution in [0.5, 0.6) is 0 Å². The van der Waals surface area contributed by atoms with Gasteiger partial charge >= 0.3 is 0 Å². The van der Waals surface area contributed by atoms with Gasteiger partial charge in [0.2, 0.25) is 0 Å². The van der Waals surface area contributed by atoms with E-state index in [0.717, 1.165) is 23.1 Å². The number of hydrogen-bond donors (Lipinski definition) is 2. The minimum atomic E-state index is -0.0435. The second-order valence-corrected chi connectivity index (χ2v) is 6.85. The van der Waals surface area contributed by atoms with Crippen molar-refractivity contribution in [2.75, 3.05) is 0 Å². The molecule has 0 aliphatic carbocycles. The minimum absolute atomic E-state index is 0.0435. The van der Waals surface area contributed by atoms with Crippen LogP contribution < -0.4 is 10.6 Å². The molecule has 0 spiro atoms. The van der Waals surface area contributed by atoms with Gasteiger partial charge in [0.1, 0.15) is 5.69 Å². The largest absolute Gasteiger partial charge is 0.347 e. The zero-order valence-corrected chi connectivity index (χ0v) is 14.4. The Morgan fingerprint density at radius 1 is 1.32 bits per heavy atom. The summed E-state index contributed by atoms with van der Waals surface area (Å²) in [5, 5.41) is 6.35. The molecule has 0 atom stereocenters. The van der Waals surface area contributed by atoms with Gasteiger partial charge < -0.3 is 15.2 Å². The Balaban J connectivity index is 1.70. The standard InChI is InChI=1S/C17H20BrN3O/c1-11(2)21-10-15(18)6-16(21)17(22)20-7-12-3-4-13-8-19-9-14(13)5-12/h3-6,10-11,19H,7-9H2,1-2H3,(H,20,22). The highest BCUT2D eigenvalue weighted by Crippen LogP contribution is 2.20. The van der Waals surface area contributed by atoms with Crippen LogP contribution in [0.25, 0.3) is 0 Å². The number of benzene rings is 1. The lowest BCUT2D eigenvalue weighted by molar-refractivity contribution is 0.0940. The molecule has 1 aromatic carbocycles. The van der Waals surface area contributed by atoms with Gasteiger partial charge in [-0.25, -0.2) is 0 Å². The maximum Gasteiger partial charge on any atom is 0.268 e. The monoisotopic (exact) mass is 361 g/mol. The molecule has 2 aromatic rings. The van der Waals surface area contributed by atoms with Crippen molar-refractivity contribution in [1.29, 1.82) is 0 Å². The highest BCUT2D eigenvalue weighted by molar-refractivity contribution is 9.10. The van der Waals surface area contributed by atoms with Crippen molar-refractivity contribution < 1.29 is 4.79 Å². The lowest BCUT2D eigenvalue weighted by Gasteiger charge is -2.13. The lowest BCUT2D eigenvalue weighted by Crippen LogP contribution is -2.25. The second kappa shape index (κ2) is 6.26. The molecule has 3 rings (SSSR count). The van der Waals surface area contributed by atoms with Crippen molar-refractivity contribution in [2.45, 2.75) is 39.5 Å². The van der Waals surface area contributed by atoms with Crippen LogP contribution in [0.3, 0.4) is 0 Å². The number of amides is 1. The number of halogens is 1. The molecule has 0 unspecified atom stereocenters. The van der Waals surface area contributed by atoms with E-state index in [2.05, 4.69) is 58.6 Å². The van der Waals surface area contributed by atoms with Crippen molar-refractivity contribution in [3.8, 4) is 0 Å². The topological polar surface area (TPSA) is 46.1 Å². The normalized spacial score (nSPS) is 13.5. The SMILES string of the molecule is CC(C)n1cc(Br)cc1C(=O)NCc1ccc2c(c1)CNC2. The van der Waals surface area contributed by atoms with Crippen LogP contribution in [-0.4, -0.2) is 10.5 Å². The third kappa shape index (κ3) is 3.10. The smallest absolute Gasteiger partial charge is 0.268 e. The number of nitrogens with one attached hydrogen (secondary N) is 2. The predicted octanol–water partition coefficient (Wildman–Crippen LogP) is 3.36. The summed E-state index contributed by atoms with van der Waals surface area (Å²) in [6.45, 7) is 6.54. The average molecular weight is 362 g/mol. The van der Waals surface area contributed by atoms with Crippen LogP contribution in [0.15, 0.2) is 34.9 Å². The van der Waals surface area contributed by atoms with Crippen LogP contribution in [0.2, 0.25) is 0 Å². The number of carbonyl (C=O) groups excluding carboxylic acids is 1. The van der Waals surface area contributed by atoms with Crippen molar-refractivity contribution in [3.05, 3.63) is 57.3 Å². The molecule has 0 saturated heterocycles. The third-order valence-corrected chi connectivity index (χ3v) is 4.39. The van der Waals surface area contributed by atoms with E-state index >= 15 is 0 Å². The van der Waals surface area contributed by atoms with E-state index in [9.17, 15) is 4.79 Å². The zero-order chi connectivity index (χ0) is 15.7. The van der Waals surface area contributed by atoms with Gasteiger partial charge in [-0.1, -0.05) is 18.2 Å². The molecule has 22 heavy (non-hydrogen) atoms. The molecule has 2 N–H and O–H groups in total. The Bertz CT molecular complexity index is 706. The Morgan fingerprint density at radius 2 is 2.09 bits per heavy atom. The van der Waals surface area contributed by atoms with Crippen molar-refractivity contribution in [3.63, 3.8) is 0 Å². The van der Waals surface area contributed by atoms with E-state index in [1.165, 1.54) is 11.1 Å². The highest BCUT2D eigenvalue weighted by Gasteiger charge is 2.15. The molecular weight excluding hydrogens is 342 g/mol. The number of fused-ring (bicyclic) bond motifs is 1. The molecule has 0 fully saturated rings. The fourth-order valence-electron chi connectivity index (χ4n) is 2.79. The first-order valence-corrected chi connectivity index (χ1v) is 8.31. The van der Waals surface area contributed by atoms with E-state index in [-0.39, 0.29) is 11.9 Å². The van der Waals surface area contributed by atoms with E-state index in [4.69, 9.17) is 0 Å². The first-order chi connectivity index (χ1) is 10.5. The molecule has 5 heteroatoms. The van der Waals surface area contributed by atoms with Crippen molar-refractivity contribution in [1.82, 2.24) is 15.2 Å². The van der Waals surface area contributed by atoms with Gasteiger partial charge in [0.15, 0.2) is 0 Å². The average Bonchev–Trinajstić information content (AvgIpc) is 3.10. The number of aromatic nitrogens is 1. The fourth-order valence-corrected chi connectivity index (χ4v) is 3.22. The molecule has 2 heterocycles. The van der Waals surface area contributed by atoms with Gasteiger partial charge in [-0.3, -0.25) is 4.79 Å². The molecule has 0 bridgehead atoms. The molecule has 0 radical (unpaired) electrons. The molecule has 1 aliphatic heterocycles. The van der Waals surface area contributed by atoms with Gasteiger partial charge in [0, 0.05) is 36.3 Å². The summed E-state index contributed by atoms with van der Waals surface area (Å²) >= 11 is 3.44. The molecule has 1 aliphatic rings. The van der Waals surface area contributed by atoms with E-state index < -0.39 is 0 Å². The lowest BCUT2D eigenvalue weighted by atomic mass is 10.1. The summed E-state index contributed by atoms with van der Waals surface area (Å²) in [6, 6.07) is 8.51. The van der Waals surface area contributed by atoms with Gasteiger partial charge in [-0.15, -0.1) is 0 Å². The van der Waals surface area contributed by atoms with E-state index in [1.807, 2.05) is 16.8 Å². The van der Waals surface area contributed by atoms with Crippen LogP contribution in [-0.2, 0) is 19.6 Å². The molecule has 4 nitrogen and oxygen atoms in total. The Labute approximate surface area is 139 Å². The number of rotatable bonds is 4. The fraction of sp³-hybridized carbons (Fsp3) is 0.353. The Morgan fingerprint density at radius 3 is 2.86 bits per heavy atom. The molecular formula is C17H20BrN3O.